The maximum absolute atomic E-state index is 12.0. The third kappa shape index (κ3) is 2.54. The molecule has 1 rings (SSSR count). The van der Waals surface area contributed by atoms with Crippen LogP contribution in [0, 0.1) is 5.92 Å². The molecule has 0 saturated heterocycles. The summed E-state index contributed by atoms with van der Waals surface area (Å²) in [5.74, 6) is -1.05. The fraction of sp³-hybridized carbons (Fsp3) is 0.500. The van der Waals surface area contributed by atoms with Crippen LogP contribution in [0.3, 0.4) is 0 Å². The molecule has 0 saturated carbocycles. The number of nitrogens with zero attached hydrogens (tertiary/aromatic N) is 1. The summed E-state index contributed by atoms with van der Waals surface area (Å²) in [5.41, 5.74) is 0. The molecular formula is C8H10FNO3. The van der Waals surface area contributed by atoms with Crippen LogP contribution in [0.4, 0.5) is 4.39 Å². The highest BCUT2D eigenvalue weighted by Gasteiger charge is 2.14. The molecule has 0 spiro atoms. The lowest BCUT2D eigenvalue weighted by atomic mass is 10.1. The van der Waals surface area contributed by atoms with Crippen molar-refractivity contribution in [2.24, 2.45) is 5.92 Å². The molecule has 1 N–H and O–H groups in total. The second kappa shape index (κ2) is 4.02. The molecule has 1 heterocycles. The Bertz CT molecular complexity index is 297. The van der Waals surface area contributed by atoms with Gasteiger partial charge in [-0.05, 0) is 0 Å². The number of rotatable bonds is 4. The Kier molecular flexibility index (Phi) is 3.00. The Morgan fingerprint density at radius 2 is 2.54 bits per heavy atom. The predicted octanol–water partition coefficient (Wildman–Crippen LogP) is 1.41. The topological polar surface area (TPSA) is 63.3 Å². The van der Waals surface area contributed by atoms with E-state index in [9.17, 15) is 9.18 Å². The zero-order chi connectivity index (χ0) is 9.84. The van der Waals surface area contributed by atoms with Crippen LogP contribution in [0.15, 0.2) is 10.6 Å². The molecule has 0 aliphatic carbocycles. The maximum atomic E-state index is 12.0. The molecule has 0 aliphatic heterocycles. The highest BCUT2D eigenvalue weighted by molar-refractivity contribution is 5.69. The zero-order valence-electron chi connectivity index (χ0n) is 7.16. The molecule has 5 heteroatoms. The van der Waals surface area contributed by atoms with Gasteiger partial charge < -0.3 is 9.52 Å². The van der Waals surface area contributed by atoms with Crippen LogP contribution in [0.5, 0.6) is 0 Å². The van der Waals surface area contributed by atoms with E-state index in [1.54, 1.807) is 6.92 Å². The number of halogens is 1. The lowest BCUT2D eigenvalue weighted by Crippen LogP contribution is -2.11. The fourth-order valence-electron chi connectivity index (χ4n) is 0.893. The smallest absolute Gasteiger partial charge is 0.306 e. The van der Waals surface area contributed by atoms with E-state index in [2.05, 4.69) is 4.98 Å². The summed E-state index contributed by atoms with van der Waals surface area (Å²) in [4.78, 5) is 14.1. The molecule has 0 fully saturated rings. The number of hydrogen-bond donors (Lipinski definition) is 1. The molecule has 4 nitrogen and oxygen atoms in total. The molecular weight excluding hydrogens is 177 g/mol. The van der Waals surface area contributed by atoms with Crippen LogP contribution in [0.2, 0.25) is 0 Å². The van der Waals surface area contributed by atoms with Crippen molar-refractivity contribution >= 4 is 5.97 Å². The molecule has 0 bridgehead atoms. The van der Waals surface area contributed by atoms with Crippen LogP contribution in [0.1, 0.15) is 18.6 Å². The molecule has 0 aromatic carbocycles. The first-order valence-corrected chi connectivity index (χ1v) is 3.86. The molecule has 13 heavy (non-hydrogen) atoms. The van der Waals surface area contributed by atoms with Crippen molar-refractivity contribution < 1.29 is 18.7 Å². The number of carboxylic acid groups (broad SMARTS) is 1. The van der Waals surface area contributed by atoms with E-state index in [1.807, 2.05) is 0 Å². The standard InChI is InChI=1S/C8H10FNO3/c1-5(8(11)12)2-6-4-10-7(3-9)13-6/h4-5H,2-3H2,1H3,(H,11,12). The van der Waals surface area contributed by atoms with Gasteiger partial charge in [-0.25, -0.2) is 9.37 Å². The molecule has 0 aliphatic rings. The predicted molar refractivity (Wildman–Crippen MR) is 41.8 cm³/mol. The normalized spacial score (nSPS) is 12.8. The van der Waals surface area contributed by atoms with E-state index >= 15 is 0 Å². The van der Waals surface area contributed by atoms with E-state index in [0.29, 0.717) is 5.76 Å². The van der Waals surface area contributed by atoms with Gasteiger partial charge in [0.05, 0.1) is 12.1 Å². The van der Waals surface area contributed by atoms with E-state index in [1.165, 1.54) is 6.20 Å². The Hall–Kier alpha value is -1.39. The lowest BCUT2D eigenvalue weighted by Gasteiger charge is -2.00. The van der Waals surface area contributed by atoms with Crippen molar-refractivity contribution in [1.29, 1.82) is 0 Å². The third-order valence-corrected chi connectivity index (χ3v) is 1.64. The van der Waals surface area contributed by atoms with Crippen molar-refractivity contribution in [3.05, 3.63) is 17.8 Å². The van der Waals surface area contributed by atoms with Crippen molar-refractivity contribution in [2.75, 3.05) is 0 Å². The Morgan fingerprint density at radius 3 is 3.00 bits per heavy atom. The lowest BCUT2D eigenvalue weighted by molar-refractivity contribution is -0.141. The highest BCUT2D eigenvalue weighted by atomic mass is 19.1. The SMILES string of the molecule is CC(Cc1cnc(CF)o1)C(=O)O. The minimum atomic E-state index is -0.904. The van der Waals surface area contributed by atoms with Crippen molar-refractivity contribution in [3.63, 3.8) is 0 Å². The van der Waals surface area contributed by atoms with Crippen LogP contribution >= 0.6 is 0 Å². The maximum Gasteiger partial charge on any atom is 0.306 e. The summed E-state index contributed by atoms with van der Waals surface area (Å²) >= 11 is 0. The Labute approximate surface area is 74.4 Å². The number of oxazole rings is 1. The molecule has 1 unspecified atom stereocenters. The van der Waals surface area contributed by atoms with Crippen LogP contribution in [-0.4, -0.2) is 16.1 Å². The van der Waals surface area contributed by atoms with Gasteiger partial charge in [0, 0.05) is 6.42 Å². The van der Waals surface area contributed by atoms with Crippen LogP contribution < -0.4 is 0 Å². The average molecular weight is 187 g/mol. The molecule has 0 amide bonds. The third-order valence-electron chi connectivity index (χ3n) is 1.64. The fourth-order valence-corrected chi connectivity index (χ4v) is 0.893. The van der Waals surface area contributed by atoms with E-state index in [-0.39, 0.29) is 12.3 Å². The first-order valence-electron chi connectivity index (χ1n) is 3.86. The van der Waals surface area contributed by atoms with Crippen LogP contribution in [-0.2, 0) is 17.9 Å². The van der Waals surface area contributed by atoms with Crippen LogP contribution in [0.25, 0.3) is 0 Å². The van der Waals surface area contributed by atoms with Gasteiger partial charge in [0.25, 0.3) is 0 Å². The minimum Gasteiger partial charge on any atom is -0.481 e. The largest absolute Gasteiger partial charge is 0.481 e. The number of carboxylic acids is 1. The first-order chi connectivity index (χ1) is 6.13. The van der Waals surface area contributed by atoms with Gasteiger partial charge in [-0.3, -0.25) is 4.79 Å². The number of carbonyl (C=O) groups is 1. The number of alkyl halides is 1. The summed E-state index contributed by atoms with van der Waals surface area (Å²) in [6.45, 7) is 0.793. The summed E-state index contributed by atoms with van der Waals surface area (Å²) < 4.78 is 16.9. The van der Waals surface area contributed by atoms with E-state index in [4.69, 9.17) is 9.52 Å². The van der Waals surface area contributed by atoms with Gasteiger partial charge in [0.2, 0.25) is 5.89 Å². The van der Waals surface area contributed by atoms with Crippen molar-refractivity contribution in [3.8, 4) is 0 Å². The Morgan fingerprint density at radius 1 is 1.85 bits per heavy atom. The van der Waals surface area contributed by atoms with Crippen molar-refractivity contribution in [2.45, 2.75) is 20.0 Å². The molecule has 1 aromatic heterocycles. The molecule has 72 valence electrons. The summed E-state index contributed by atoms with van der Waals surface area (Å²) in [6.07, 6.45) is 1.59. The summed E-state index contributed by atoms with van der Waals surface area (Å²) in [5, 5.41) is 8.57. The van der Waals surface area contributed by atoms with E-state index < -0.39 is 18.6 Å². The highest BCUT2D eigenvalue weighted by Crippen LogP contribution is 2.10. The number of aromatic nitrogens is 1. The van der Waals surface area contributed by atoms with Gasteiger partial charge in [-0.1, -0.05) is 6.92 Å². The van der Waals surface area contributed by atoms with Gasteiger partial charge in [-0.15, -0.1) is 0 Å². The second-order valence-corrected chi connectivity index (χ2v) is 2.80. The molecule has 0 radical (unpaired) electrons. The second-order valence-electron chi connectivity index (χ2n) is 2.80. The van der Waals surface area contributed by atoms with Gasteiger partial charge in [0.1, 0.15) is 5.76 Å². The number of hydrogen-bond acceptors (Lipinski definition) is 3. The van der Waals surface area contributed by atoms with E-state index in [0.717, 1.165) is 0 Å². The Balaban J connectivity index is 2.58. The monoisotopic (exact) mass is 187 g/mol. The number of aliphatic carboxylic acids is 1. The quantitative estimate of drug-likeness (QED) is 0.773. The summed E-state index contributed by atoms with van der Waals surface area (Å²) in [6, 6.07) is 0. The van der Waals surface area contributed by atoms with Crippen molar-refractivity contribution in [1.82, 2.24) is 4.98 Å². The molecule has 1 atom stereocenters. The summed E-state index contributed by atoms with van der Waals surface area (Å²) in [7, 11) is 0. The van der Waals surface area contributed by atoms with Gasteiger partial charge >= 0.3 is 5.97 Å². The van der Waals surface area contributed by atoms with Gasteiger partial charge in [-0.2, -0.15) is 0 Å². The average Bonchev–Trinajstić information content (AvgIpc) is 2.52. The van der Waals surface area contributed by atoms with Gasteiger partial charge in [0.15, 0.2) is 6.67 Å². The zero-order valence-corrected chi connectivity index (χ0v) is 7.16. The first kappa shape index (κ1) is 9.70. The minimum absolute atomic E-state index is 0.00686. The molecule has 1 aromatic rings.